The monoisotopic (exact) mass is 277 g/mol. The highest BCUT2D eigenvalue weighted by atomic mass is 16.1. The van der Waals surface area contributed by atoms with E-state index in [0.717, 1.165) is 49.8 Å². The molecule has 3 N–H and O–H groups in total. The summed E-state index contributed by atoms with van der Waals surface area (Å²) in [4.78, 5) is 22.5. The van der Waals surface area contributed by atoms with E-state index in [-0.39, 0.29) is 11.8 Å². The number of primary amides is 1. The second kappa shape index (κ2) is 6.54. The van der Waals surface area contributed by atoms with Crippen LogP contribution in [0.25, 0.3) is 0 Å². The first kappa shape index (κ1) is 14.6. The van der Waals surface area contributed by atoms with Crippen molar-refractivity contribution in [2.45, 2.75) is 33.1 Å². The summed E-state index contributed by atoms with van der Waals surface area (Å²) in [7, 11) is 0. The molecule has 1 fully saturated rings. The van der Waals surface area contributed by atoms with E-state index in [1.165, 1.54) is 0 Å². The Bertz CT molecular complexity index is 477. The van der Waals surface area contributed by atoms with Crippen molar-refractivity contribution < 1.29 is 4.79 Å². The molecule has 0 aliphatic carbocycles. The Balaban J connectivity index is 2.21. The molecule has 1 aliphatic rings. The highest BCUT2D eigenvalue weighted by Crippen LogP contribution is 2.23. The van der Waals surface area contributed by atoms with Crippen LogP contribution in [-0.2, 0) is 11.2 Å². The Labute approximate surface area is 119 Å². The number of nitrogens with two attached hydrogens (primary N) is 1. The van der Waals surface area contributed by atoms with E-state index in [2.05, 4.69) is 20.2 Å². The van der Waals surface area contributed by atoms with Crippen LogP contribution < -0.4 is 16.0 Å². The third kappa shape index (κ3) is 3.37. The summed E-state index contributed by atoms with van der Waals surface area (Å²) < 4.78 is 0. The molecule has 1 amide bonds. The fourth-order valence-electron chi connectivity index (χ4n) is 2.49. The number of carbonyl (C=O) groups is 1. The topological polar surface area (TPSA) is 84.1 Å². The second-order valence-corrected chi connectivity index (χ2v) is 5.10. The molecular weight excluding hydrogens is 254 g/mol. The molecule has 1 saturated heterocycles. The summed E-state index contributed by atoms with van der Waals surface area (Å²) in [5, 5.41) is 3.23. The molecule has 1 aliphatic heterocycles. The molecule has 0 spiro atoms. The van der Waals surface area contributed by atoms with E-state index < -0.39 is 0 Å². The van der Waals surface area contributed by atoms with Gasteiger partial charge in [-0.3, -0.25) is 4.79 Å². The van der Waals surface area contributed by atoms with Crippen LogP contribution in [0.1, 0.15) is 32.5 Å². The van der Waals surface area contributed by atoms with Crippen LogP contribution in [0.5, 0.6) is 0 Å². The molecule has 1 aromatic heterocycles. The number of anilines is 2. The summed E-state index contributed by atoms with van der Waals surface area (Å²) in [6.45, 7) is 6.47. The van der Waals surface area contributed by atoms with E-state index >= 15 is 0 Å². The lowest BCUT2D eigenvalue weighted by molar-refractivity contribution is -0.122. The number of aromatic nitrogens is 2. The van der Waals surface area contributed by atoms with Crippen LogP contribution in [0.2, 0.25) is 0 Å². The Morgan fingerprint density at radius 1 is 1.50 bits per heavy atom. The number of amides is 1. The first-order valence-corrected chi connectivity index (χ1v) is 7.30. The summed E-state index contributed by atoms with van der Waals surface area (Å²) in [6, 6.07) is 1.95. The smallest absolute Gasteiger partial charge is 0.222 e. The molecular formula is C14H23N5O. The minimum Gasteiger partial charge on any atom is -0.370 e. The minimum absolute atomic E-state index is 0.0774. The van der Waals surface area contributed by atoms with Crippen LogP contribution in [0, 0.1) is 5.92 Å². The summed E-state index contributed by atoms with van der Waals surface area (Å²) >= 11 is 0. The standard InChI is InChI=1S/C14H23N5O/c1-3-11-17-12(16-4-2)8-13(18-11)19-7-5-6-10(9-19)14(15)20/h8,10H,3-7,9H2,1-2H3,(H2,15,20)(H,16,17,18). The molecule has 6 nitrogen and oxygen atoms in total. The maximum atomic E-state index is 11.4. The fourth-order valence-corrected chi connectivity index (χ4v) is 2.49. The zero-order chi connectivity index (χ0) is 14.5. The largest absolute Gasteiger partial charge is 0.370 e. The van der Waals surface area contributed by atoms with Crippen molar-refractivity contribution in [2.75, 3.05) is 29.9 Å². The molecule has 0 radical (unpaired) electrons. The summed E-state index contributed by atoms with van der Waals surface area (Å²) in [5.74, 6) is 2.26. The molecule has 1 aromatic rings. The zero-order valence-electron chi connectivity index (χ0n) is 12.2. The molecule has 2 heterocycles. The number of carbonyl (C=O) groups excluding carboxylic acids is 1. The minimum atomic E-state index is -0.216. The zero-order valence-corrected chi connectivity index (χ0v) is 12.2. The van der Waals surface area contributed by atoms with Crippen molar-refractivity contribution in [3.63, 3.8) is 0 Å². The summed E-state index contributed by atoms with van der Waals surface area (Å²) in [6.07, 6.45) is 2.63. The predicted octanol–water partition coefficient (Wildman–Crippen LogP) is 1.17. The van der Waals surface area contributed by atoms with E-state index in [9.17, 15) is 4.79 Å². The Morgan fingerprint density at radius 3 is 2.95 bits per heavy atom. The average molecular weight is 277 g/mol. The van der Waals surface area contributed by atoms with Gasteiger partial charge in [-0.1, -0.05) is 6.92 Å². The van der Waals surface area contributed by atoms with Gasteiger partial charge < -0.3 is 16.0 Å². The number of hydrogen-bond acceptors (Lipinski definition) is 5. The third-order valence-electron chi connectivity index (χ3n) is 3.58. The Hall–Kier alpha value is -1.85. The van der Waals surface area contributed by atoms with E-state index in [4.69, 9.17) is 5.73 Å². The second-order valence-electron chi connectivity index (χ2n) is 5.10. The van der Waals surface area contributed by atoms with Crippen molar-refractivity contribution in [1.82, 2.24) is 9.97 Å². The molecule has 2 rings (SSSR count). The predicted molar refractivity (Wildman–Crippen MR) is 79.7 cm³/mol. The SMILES string of the molecule is CCNc1cc(N2CCCC(C(N)=O)C2)nc(CC)n1. The van der Waals surface area contributed by atoms with Crippen LogP contribution >= 0.6 is 0 Å². The lowest BCUT2D eigenvalue weighted by Gasteiger charge is -2.32. The quantitative estimate of drug-likeness (QED) is 0.844. The molecule has 6 heteroatoms. The van der Waals surface area contributed by atoms with E-state index in [1.54, 1.807) is 0 Å². The van der Waals surface area contributed by atoms with Crippen molar-refractivity contribution in [1.29, 1.82) is 0 Å². The van der Waals surface area contributed by atoms with Gasteiger partial charge in [-0.05, 0) is 19.8 Å². The molecule has 0 aromatic carbocycles. The van der Waals surface area contributed by atoms with E-state index in [1.807, 2.05) is 19.9 Å². The number of nitrogens with zero attached hydrogens (tertiary/aromatic N) is 3. The molecule has 20 heavy (non-hydrogen) atoms. The van der Waals surface area contributed by atoms with Crippen LogP contribution in [0.3, 0.4) is 0 Å². The van der Waals surface area contributed by atoms with Crippen LogP contribution in [0.15, 0.2) is 6.07 Å². The third-order valence-corrected chi connectivity index (χ3v) is 3.58. The van der Waals surface area contributed by atoms with Gasteiger partial charge in [-0.2, -0.15) is 0 Å². The van der Waals surface area contributed by atoms with Gasteiger partial charge in [0, 0.05) is 32.1 Å². The lowest BCUT2D eigenvalue weighted by Crippen LogP contribution is -2.41. The highest BCUT2D eigenvalue weighted by molar-refractivity contribution is 5.77. The van der Waals surface area contributed by atoms with Crippen LogP contribution in [-0.4, -0.2) is 35.5 Å². The van der Waals surface area contributed by atoms with Gasteiger partial charge in [0.25, 0.3) is 0 Å². The van der Waals surface area contributed by atoms with Crippen LogP contribution in [0.4, 0.5) is 11.6 Å². The maximum Gasteiger partial charge on any atom is 0.222 e. The van der Waals surface area contributed by atoms with Gasteiger partial charge in [0.05, 0.1) is 5.92 Å². The lowest BCUT2D eigenvalue weighted by atomic mass is 9.97. The number of hydrogen-bond donors (Lipinski definition) is 2. The van der Waals surface area contributed by atoms with Gasteiger partial charge in [-0.15, -0.1) is 0 Å². The highest BCUT2D eigenvalue weighted by Gasteiger charge is 2.25. The fraction of sp³-hybridized carbons (Fsp3) is 0.643. The van der Waals surface area contributed by atoms with Gasteiger partial charge in [-0.25, -0.2) is 9.97 Å². The van der Waals surface area contributed by atoms with Crippen molar-refractivity contribution >= 4 is 17.5 Å². The first-order chi connectivity index (χ1) is 9.63. The molecule has 0 saturated carbocycles. The van der Waals surface area contributed by atoms with Gasteiger partial charge in [0.2, 0.25) is 5.91 Å². The number of rotatable bonds is 5. The first-order valence-electron chi connectivity index (χ1n) is 7.30. The molecule has 0 bridgehead atoms. The number of nitrogens with one attached hydrogen (secondary N) is 1. The maximum absolute atomic E-state index is 11.4. The van der Waals surface area contributed by atoms with E-state index in [0.29, 0.717) is 6.54 Å². The normalized spacial score (nSPS) is 18.9. The van der Waals surface area contributed by atoms with Crippen molar-refractivity contribution in [3.8, 4) is 0 Å². The van der Waals surface area contributed by atoms with Crippen molar-refractivity contribution in [2.24, 2.45) is 11.7 Å². The molecule has 1 atom stereocenters. The Morgan fingerprint density at radius 2 is 2.30 bits per heavy atom. The number of piperidine rings is 1. The molecule has 110 valence electrons. The van der Waals surface area contributed by atoms with Crippen molar-refractivity contribution in [3.05, 3.63) is 11.9 Å². The average Bonchev–Trinajstić information content (AvgIpc) is 2.47. The van der Waals surface area contributed by atoms with Gasteiger partial charge in [0.1, 0.15) is 17.5 Å². The summed E-state index contributed by atoms with van der Waals surface area (Å²) in [5.41, 5.74) is 5.43. The Kier molecular flexibility index (Phi) is 4.76. The number of aryl methyl sites for hydroxylation is 1. The van der Waals surface area contributed by atoms with Gasteiger partial charge >= 0.3 is 0 Å². The molecule has 1 unspecified atom stereocenters. The van der Waals surface area contributed by atoms with Gasteiger partial charge in [0.15, 0.2) is 0 Å².